The Bertz CT molecular complexity index is 1270. The van der Waals surface area contributed by atoms with E-state index in [1.54, 1.807) is 0 Å². The fourth-order valence-electron chi connectivity index (χ4n) is 4.09. The molecule has 0 nitrogen and oxygen atoms in total. The van der Waals surface area contributed by atoms with E-state index in [9.17, 15) is 0 Å². The van der Waals surface area contributed by atoms with Crippen molar-refractivity contribution in [2.24, 2.45) is 0 Å². The van der Waals surface area contributed by atoms with Gasteiger partial charge in [0.05, 0.1) is 0 Å². The van der Waals surface area contributed by atoms with Crippen molar-refractivity contribution in [2.45, 2.75) is 13.8 Å². The Morgan fingerprint density at radius 3 is 1.88 bits per heavy atom. The van der Waals surface area contributed by atoms with Crippen molar-refractivity contribution < 1.29 is 0 Å². The summed E-state index contributed by atoms with van der Waals surface area (Å²) in [5.74, 6) is 0. The third-order valence-electron chi connectivity index (χ3n) is 5.38. The molecule has 0 aliphatic heterocycles. The molecular formula is C26H20. The number of fused-ring (bicyclic) bond motifs is 6. The summed E-state index contributed by atoms with van der Waals surface area (Å²) in [5, 5.41) is 8.02. The lowest BCUT2D eigenvalue weighted by molar-refractivity contribution is 1.47. The summed E-state index contributed by atoms with van der Waals surface area (Å²) in [6.07, 6.45) is 0. The van der Waals surface area contributed by atoms with E-state index in [0.29, 0.717) is 0 Å². The molecule has 0 heterocycles. The number of benzene rings is 5. The normalized spacial score (nSPS) is 11.5. The fourth-order valence-corrected chi connectivity index (χ4v) is 4.09. The van der Waals surface area contributed by atoms with Crippen LogP contribution < -0.4 is 0 Å². The third-order valence-corrected chi connectivity index (χ3v) is 5.38. The predicted molar refractivity (Wildman–Crippen MR) is 114 cm³/mol. The maximum Gasteiger partial charge on any atom is -0.00204 e. The molecule has 0 radical (unpaired) electrons. The zero-order valence-corrected chi connectivity index (χ0v) is 15.1. The van der Waals surface area contributed by atoms with Gasteiger partial charge in [0, 0.05) is 0 Å². The summed E-state index contributed by atoms with van der Waals surface area (Å²) in [4.78, 5) is 0. The van der Waals surface area contributed by atoms with Crippen LogP contribution in [0.3, 0.4) is 0 Å². The van der Waals surface area contributed by atoms with Gasteiger partial charge >= 0.3 is 0 Å². The maximum atomic E-state index is 2.32. The Balaban J connectivity index is 2.04. The number of rotatable bonds is 1. The molecule has 0 heteroatoms. The lowest BCUT2D eigenvalue weighted by Gasteiger charge is -2.15. The lowest BCUT2D eigenvalue weighted by Crippen LogP contribution is -1.88. The second-order valence-corrected chi connectivity index (χ2v) is 7.19. The first-order chi connectivity index (χ1) is 12.7. The van der Waals surface area contributed by atoms with Crippen LogP contribution >= 0.6 is 0 Å². The van der Waals surface area contributed by atoms with Crippen LogP contribution in [0.2, 0.25) is 0 Å². The van der Waals surface area contributed by atoms with Gasteiger partial charge in [0.25, 0.3) is 0 Å². The SMILES string of the molecule is Cc1ccc(-c2cccc3c4cc(C)ccc4c4ccccc4c23)cc1. The Kier molecular flexibility index (Phi) is 3.33. The van der Waals surface area contributed by atoms with Crippen molar-refractivity contribution in [1.82, 2.24) is 0 Å². The van der Waals surface area contributed by atoms with Gasteiger partial charge in [0.1, 0.15) is 0 Å². The van der Waals surface area contributed by atoms with E-state index in [4.69, 9.17) is 0 Å². The van der Waals surface area contributed by atoms with Crippen molar-refractivity contribution in [2.75, 3.05) is 0 Å². The first-order valence-electron chi connectivity index (χ1n) is 9.13. The highest BCUT2D eigenvalue weighted by Gasteiger charge is 2.12. The van der Waals surface area contributed by atoms with Crippen molar-refractivity contribution in [3.63, 3.8) is 0 Å². The summed E-state index contributed by atoms with van der Waals surface area (Å²) in [7, 11) is 0. The molecule has 0 atom stereocenters. The average molecular weight is 332 g/mol. The van der Waals surface area contributed by atoms with Gasteiger partial charge in [0.2, 0.25) is 0 Å². The van der Waals surface area contributed by atoms with Gasteiger partial charge in [-0.15, -0.1) is 0 Å². The van der Waals surface area contributed by atoms with Crippen LogP contribution in [0.4, 0.5) is 0 Å². The van der Waals surface area contributed by atoms with Gasteiger partial charge in [0.15, 0.2) is 0 Å². The van der Waals surface area contributed by atoms with E-state index < -0.39 is 0 Å². The Morgan fingerprint density at radius 1 is 0.462 bits per heavy atom. The van der Waals surface area contributed by atoms with E-state index >= 15 is 0 Å². The zero-order chi connectivity index (χ0) is 17.7. The minimum atomic E-state index is 1.28. The van der Waals surface area contributed by atoms with Gasteiger partial charge in [-0.3, -0.25) is 0 Å². The van der Waals surface area contributed by atoms with Crippen molar-refractivity contribution >= 4 is 32.3 Å². The monoisotopic (exact) mass is 332 g/mol. The summed E-state index contributed by atoms with van der Waals surface area (Å²) >= 11 is 0. The van der Waals surface area contributed by atoms with Crippen molar-refractivity contribution in [3.05, 3.63) is 96.1 Å². The molecule has 0 N–H and O–H groups in total. The first kappa shape index (κ1) is 15.2. The molecule has 0 unspecified atom stereocenters. The number of hydrogen-bond acceptors (Lipinski definition) is 0. The van der Waals surface area contributed by atoms with E-state index in [-0.39, 0.29) is 0 Å². The summed E-state index contributed by atoms with van der Waals surface area (Å²) in [6, 6.07) is 31.2. The highest BCUT2D eigenvalue weighted by molar-refractivity contribution is 6.28. The van der Waals surface area contributed by atoms with Gasteiger partial charge in [-0.05, 0) is 57.3 Å². The molecule has 0 saturated carbocycles. The topological polar surface area (TPSA) is 0 Å². The van der Waals surface area contributed by atoms with Crippen molar-refractivity contribution in [3.8, 4) is 11.1 Å². The standard InChI is InChI=1S/C26H20/c1-17-10-13-19(14-11-17)20-8-5-9-24-25-16-18(2)12-15-22(25)21-6-3-4-7-23(21)26(20)24/h3-16H,1-2H3. The van der Waals surface area contributed by atoms with Gasteiger partial charge in [-0.2, -0.15) is 0 Å². The summed E-state index contributed by atoms with van der Waals surface area (Å²) in [6.45, 7) is 4.31. The minimum absolute atomic E-state index is 1.28. The number of hydrogen-bond donors (Lipinski definition) is 0. The van der Waals surface area contributed by atoms with Crippen LogP contribution in [0.1, 0.15) is 11.1 Å². The van der Waals surface area contributed by atoms with Crippen LogP contribution in [0, 0.1) is 13.8 Å². The number of aryl methyl sites for hydroxylation is 2. The molecule has 26 heavy (non-hydrogen) atoms. The molecule has 124 valence electrons. The third kappa shape index (κ3) is 2.23. The molecule has 0 aliphatic rings. The zero-order valence-electron chi connectivity index (χ0n) is 15.1. The molecule has 0 aliphatic carbocycles. The predicted octanol–water partition coefficient (Wildman–Crippen LogP) is 7.43. The molecular weight excluding hydrogens is 312 g/mol. The second-order valence-electron chi connectivity index (χ2n) is 7.19. The highest BCUT2D eigenvalue weighted by atomic mass is 14.2. The Hall–Kier alpha value is -3.12. The summed E-state index contributed by atoms with van der Waals surface area (Å²) in [5.41, 5.74) is 5.18. The highest BCUT2D eigenvalue weighted by Crippen LogP contribution is 2.40. The fraction of sp³-hybridized carbons (Fsp3) is 0.0769. The van der Waals surface area contributed by atoms with Crippen LogP contribution in [0.25, 0.3) is 43.4 Å². The van der Waals surface area contributed by atoms with Crippen LogP contribution in [0.15, 0.2) is 84.9 Å². The molecule has 0 bridgehead atoms. The average Bonchev–Trinajstić information content (AvgIpc) is 2.68. The van der Waals surface area contributed by atoms with E-state index in [2.05, 4.69) is 98.8 Å². The van der Waals surface area contributed by atoms with Gasteiger partial charge < -0.3 is 0 Å². The van der Waals surface area contributed by atoms with Crippen molar-refractivity contribution in [1.29, 1.82) is 0 Å². The minimum Gasteiger partial charge on any atom is -0.0616 e. The largest absolute Gasteiger partial charge is 0.0616 e. The molecule has 0 saturated heterocycles. The van der Waals surface area contributed by atoms with Crippen LogP contribution in [-0.2, 0) is 0 Å². The van der Waals surface area contributed by atoms with Gasteiger partial charge in [-0.25, -0.2) is 0 Å². The molecule has 0 amide bonds. The lowest BCUT2D eigenvalue weighted by atomic mass is 9.89. The van der Waals surface area contributed by atoms with E-state index in [1.165, 1.54) is 54.6 Å². The van der Waals surface area contributed by atoms with Gasteiger partial charge in [-0.1, -0.05) is 96.1 Å². The van der Waals surface area contributed by atoms with E-state index in [0.717, 1.165) is 0 Å². The quantitative estimate of drug-likeness (QED) is 0.280. The smallest absolute Gasteiger partial charge is 0.00204 e. The molecule has 5 aromatic rings. The van der Waals surface area contributed by atoms with Crippen LogP contribution in [-0.4, -0.2) is 0 Å². The Morgan fingerprint density at radius 2 is 1.08 bits per heavy atom. The molecule has 0 aromatic heterocycles. The summed E-state index contributed by atoms with van der Waals surface area (Å²) < 4.78 is 0. The van der Waals surface area contributed by atoms with E-state index in [1.807, 2.05) is 0 Å². The molecule has 0 spiro atoms. The second kappa shape index (κ2) is 5.71. The molecule has 5 rings (SSSR count). The Labute approximate surface area is 153 Å². The van der Waals surface area contributed by atoms with Crippen LogP contribution in [0.5, 0.6) is 0 Å². The molecule has 0 fully saturated rings. The first-order valence-corrected chi connectivity index (χ1v) is 9.13. The molecule has 5 aromatic carbocycles. The maximum absolute atomic E-state index is 2.32.